The van der Waals surface area contributed by atoms with Crippen molar-refractivity contribution in [3.05, 3.63) is 5.56 Å². The van der Waals surface area contributed by atoms with Crippen molar-refractivity contribution in [1.82, 2.24) is 9.69 Å². The highest BCUT2D eigenvalue weighted by Gasteiger charge is 2.24. The minimum absolute atomic E-state index is 0.0745. The number of rotatable bonds is 5. The first-order chi connectivity index (χ1) is 9.99. The van der Waals surface area contributed by atoms with Crippen molar-refractivity contribution in [2.45, 2.75) is 32.7 Å². The number of ether oxygens (including phenoxy) is 1. The summed E-state index contributed by atoms with van der Waals surface area (Å²) in [4.78, 5) is 14.4. The van der Waals surface area contributed by atoms with Gasteiger partial charge in [-0.15, -0.1) is 0 Å². The van der Waals surface area contributed by atoms with Crippen LogP contribution in [0.2, 0.25) is 0 Å². The van der Waals surface area contributed by atoms with Gasteiger partial charge in [0, 0.05) is 32.8 Å². The van der Waals surface area contributed by atoms with Gasteiger partial charge in [0.05, 0.1) is 0 Å². The van der Waals surface area contributed by atoms with Crippen LogP contribution in [0, 0.1) is 5.92 Å². The van der Waals surface area contributed by atoms with E-state index >= 15 is 0 Å². The van der Waals surface area contributed by atoms with Gasteiger partial charge in [0.15, 0.2) is 5.82 Å². The first kappa shape index (κ1) is 16.0. The average Bonchev–Trinajstić information content (AvgIpc) is 2.81. The molecule has 1 fully saturated rings. The monoisotopic (exact) mass is 312 g/mol. The molecule has 0 aromatic carbocycles. The molecule has 6 nitrogen and oxygen atoms in total. The minimum atomic E-state index is -0.148. The number of aromatic nitrogens is 1. The van der Waals surface area contributed by atoms with E-state index in [-0.39, 0.29) is 11.9 Å². The van der Waals surface area contributed by atoms with Crippen LogP contribution >= 0.6 is 11.5 Å². The lowest BCUT2D eigenvalue weighted by Crippen LogP contribution is -2.33. The first-order valence-corrected chi connectivity index (χ1v) is 8.11. The summed E-state index contributed by atoms with van der Waals surface area (Å²) in [7, 11) is 1.99. The summed E-state index contributed by atoms with van der Waals surface area (Å²) in [6, 6.07) is 0.0745. The van der Waals surface area contributed by atoms with Gasteiger partial charge in [-0.05, 0) is 44.1 Å². The van der Waals surface area contributed by atoms with Crippen molar-refractivity contribution in [3.63, 3.8) is 0 Å². The van der Waals surface area contributed by atoms with Gasteiger partial charge in [0.1, 0.15) is 10.6 Å². The zero-order chi connectivity index (χ0) is 15.4. The second-order valence-electron chi connectivity index (χ2n) is 5.81. The maximum atomic E-state index is 12.3. The Kier molecular flexibility index (Phi) is 5.41. The minimum Gasteiger partial charge on any atom is -0.382 e. The fourth-order valence-electron chi connectivity index (χ4n) is 2.50. The quantitative estimate of drug-likeness (QED) is 0.865. The topological polar surface area (TPSA) is 80.5 Å². The molecular formula is C14H24N4O2S. The third-order valence-electron chi connectivity index (χ3n) is 3.57. The number of nitrogens with zero attached hydrogens (tertiary/aromatic N) is 2. The first-order valence-electron chi connectivity index (χ1n) is 7.34. The molecule has 1 aliphatic heterocycles. The molecule has 0 atom stereocenters. The Morgan fingerprint density at radius 2 is 2.19 bits per heavy atom. The zero-order valence-electron chi connectivity index (χ0n) is 12.9. The van der Waals surface area contributed by atoms with E-state index < -0.39 is 0 Å². The fraction of sp³-hybridized carbons (Fsp3) is 0.714. The number of anilines is 2. The van der Waals surface area contributed by atoms with Gasteiger partial charge in [0.2, 0.25) is 0 Å². The van der Waals surface area contributed by atoms with Gasteiger partial charge < -0.3 is 20.7 Å². The number of carbonyl (C=O) groups is 1. The van der Waals surface area contributed by atoms with E-state index in [0.29, 0.717) is 17.3 Å². The maximum absolute atomic E-state index is 12.3. The second-order valence-corrected chi connectivity index (χ2v) is 6.56. The molecule has 1 amide bonds. The SMILES string of the molecule is CC(C)NC(=O)c1c(N)nsc1N(C)CC1CCOCC1. The summed E-state index contributed by atoms with van der Waals surface area (Å²) in [5, 5.41) is 3.73. The highest BCUT2D eigenvalue weighted by molar-refractivity contribution is 7.11. The van der Waals surface area contributed by atoms with Crippen LogP contribution in [0.4, 0.5) is 10.8 Å². The molecule has 2 heterocycles. The molecule has 1 aliphatic rings. The largest absolute Gasteiger partial charge is 0.382 e. The van der Waals surface area contributed by atoms with Crippen LogP contribution < -0.4 is 16.0 Å². The lowest BCUT2D eigenvalue weighted by Gasteiger charge is -2.27. The second kappa shape index (κ2) is 7.09. The van der Waals surface area contributed by atoms with Crippen LogP contribution in [-0.2, 0) is 4.74 Å². The van der Waals surface area contributed by atoms with Crippen LogP contribution in [0.3, 0.4) is 0 Å². The molecule has 1 aromatic heterocycles. The predicted molar refractivity (Wildman–Crippen MR) is 85.9 cm³/mol. The molecule has 0 spiro atoms. The Labute approximate surface area is 129 Å². The molecule has 0 radical (unpaired) electrons. The average molecular weight is 312 g/mol. The van der Waals surface area contributed by atoms with Gasteiger partial charge in [-0.3, -0.25) is 4.79 Å². The standard InChI is InChI=1S/C14H24N4O2S/c1-9(2)16-13(19)11-12(15)17-21-14(11)18(3)8-10-4-6-20-7-5-10/h9-10H,4-8H2,1-3H3,(H2,15,17)(H,16,19). The van der Waals surface area contributed by atoms with E-state index in [2.05, 4.69) is 14.6 Å². The molecule has 21 heavy (non-hydrogen) atoms. The van der Waals surface area contributed by atoms with Gasteiger partial charge >= 0.3 is 0 Å². The number of carbonyl (C=O) groups excluding carboxylic acids is 1. The Hall–Kier alpha value is -1.34. The van der Waals surface area contributed by atoms with Crippen molar-refractivity contribution in [1.29, 1.82) is 0 Å². The summed E-state index contributed by atoms with van der Waals surface area (Å²) in [6.45, 7) is 6.40. The van der Waals surface area contributed by atoms with Gasteiger partial charge in [-0.25, -0.2) is 0 Å². The highest BCUT2D eigenvalue weighted by atomic mass is 32.1. The van der Waals surface area contributed by atoms with E-state index in [0.717, 1.165) is 37.6 Å². The van der Waals surface area contributed by atoms with Crippen molar-refractivity contribution in [2.75, 3.05) is 37.4 Å². The lowest BCUT2D eigenvalue weighted by molar-refractivity contribution is 0.0685. The molecule has 0 bridgehead atoms. The van der Waals surface area contributed by atoms with Crippen LogP contribution in [-0.4, -0.2) is 43.1 Å². The van der Waals surface area contributed by atoms with Crippen LogP contribution in [0.25, 0.3) is 0 Å². The smallest absolute Gasteiger partial charge is 0.258 e. The van der Waals surface area contributed by atoms with Gasteiger partial charge in [0.25, 0.3) is 5.91 Å². The Morgan fingerprint density at radius 3 is 2.81 bits per heavy atom. The van der Waals surface area contributed by atoms with Gasteiger partial charge in [-0.1, -0.05) is 0 Å². The summed E-state index contributed by atoms with van der Waals surface area (Å²) in [5.41, 5.74) is 6.38. The Morgan fingerprint density at radius 1 is 1.52 bits per heavy atom. The molecule has 1 aromatic rings. The van der Waals surface area contributed by atoms with Gasteiger partial charge in [-0.2, -0.15) is 4.37 Å². The predicted octanol–water partition coefficient (Wildman–Crippen LogP) is 1.73. The molecule has 2 rings (SSSR count). The van der Waals surface area contributed by atoms with E-state index in [1.54, 1.807) is 0 Å². The zero-order valence-corrected chi connectivity index (χ0v) is 13.7. The molecule has 0 unspecified atom stereocenters. The molecule has 0 aliphatic carbocycles. The van der Waals surface area contributed by atoms with E-state index in [9.17, 15) is 4.79 Å². The summed E-state index contributed by atoms with van der Waals surface area (Å²) >= 11 is 1.29. The van der Waals surface area contributed by atoms with Crippen LogP contribution in [0.15, 0.2) is 0 Å². The molecule has 7 heteroatoms. The number of hydrogen-bond donors (Lipinski definition) is 2. The lowest BCUT2D eigenvalue weighted by atomic mass is 10.00. The van der Waals surface area contributed by atoms with Crippen molar-refractivity contribution >= 4 is 28.3 Å². The molecular weight excluding hydrogens is 288 g/mol. The van der Waals surface area contributed by atoms with Crippen molar-refractivity contribution < 1.29 is 9.53 Å². The number of nitrogen functional groups attached to an aromatic ring is 1. The van der Waals surface area contributed by atoms with E-state index in [4.69, 9.17) is 10.5 Å². The third kappa shape index (κ3) is 4.07. The van der Waals surface area contributed by atoms with Crippen molar-refractivity contribution in [3.8, 4) is 0 Å². The van der Waals surface area contributed by atoms with Crippen LogP contribution in [0.5, 0.6) is 0 Å². The normalized spacial score (nSPS) is 16.2. The van der Waals surface area contributed by atoms with E-state index in [1.165, 1.54) is 11.5 Å². The number of nitrogens with two attached hydrogens (primary N) is 1. The number of amides is 1. The fourth-order valence-corrected chi connectivity index (χ4v) is 3.28. The summed E-state index contributed by atoms with van der Waals surface area (Å²) in [5.74, 6) is 0.755. The highest BCUT2D eigenvalue weighted by Crippen LogP contribution is 2.31. The third-order valence-corrected chi connectivity index (χ3v) is 4.54. The molecule has 0 saturated carbocycles. The number of nitrogens with one attached hydrogen (secondary N) is 1. The van der Waals surface area contributed by atoms with Crippen molar-refractivity contribution in [2.24, 2.45) is 5.92 Å². The van der Waals surface area contributed by atoms with E-state index in [1.807, 2.05) is 20.9 Å². The Bertz CT molecular complexity index is 483. The number of hydrogen-bond acceptors (Lipinski definition) is 6. The maximum Gasteiger partial charge on any atom is 0.258 e. The molecule has 1 saturated heterocycles. The molecule has 3 N–H and O–H groups in total. The molecule has 118 valence electrons. The Balaban J connectivity index is 2.09. The summed E-state index contributed by atoms with van der Waals surface area (Å²) in [6.07, 6.45) is 2.12. The van der Waals surface area contributed by atoms with Crippen LogP contribution in [0.1, 0.15) is 37.0 Å². The summed E-state index contributed by atoms with van der Waals surface area (Å²) < 4.78 is 9.54.